The van der Waals surface area contributed by atoms with Gasteiger partial charge >= 0.3 is 0 Å². The van der Waals surface area contributed by atoms with Gasteiger partial charge in [0, 0.05) is 16.8 Å². The summed E-state index contributed by atoms with van der Waals surface area (Å²) in [5.74, 6) is -0.169. The Morgan fingerprint density at radius 1 is 0.920 bits per heavy atom. The van der Waals surface area contributed by atoms with E-state index in [0.29, 0.717) is 10.6 Å². The fraction of sp³-hybridized carbons (Fsp3) is 0. The van der Waals surface area contributed by atoms with Gasteiger partial charge < -0.3 is 9.73 Å². The molecular weight excluding hydrogens is 332 g/mol. The van der Waals surface area contributed by atoms with Crippen LogP contribution in [0.1, 0.15) is 9.67 Å². The molecule has 0 radical (unpaired) electrons. The molecule has 1 amide bonds. The number of hydrogen-bond donors (Lipinski definition) is 1. The molecule has 0 aliphatic heterocycles. The Balaban J connectivity index is 1.76. The van der Waals surface area contributed by atoms with E-state index in [-0.39, 0.29) is 5.91 Å². The molecular formula is C20H14N2O2S. The number of hydrogen-bond acceptors (Lipinski definition) is 4. The highest BCUT2D eigenvalue weighted by atomic mass is 32.1. The van der Waals surface area contributed by atoms with Gasteiger partial charge in [-0.15, -0.1) is 11.3 Å². The van der Waals surface area contributed by atoms with Crippen molar-refractivity contribution in [2.75, 3.05) is 5.32 Å². The molecule has 2 aromatic carbocycles. The number of furan rings is 1. The van der Waals surface area contributed by atoms with Crippen LogP contribution in [-0.2, 0) is 0 Å². The summed E-state index contributed by atoms with van der Waals surface area (Å²) in [6, 6.07) is 21.0. The van der Waals surface area contributed by atoms with E-state index in [2.05, 4.69) is 10.3 Å². The molecule has 0 aliphatic carbocycles. The number of nitrogens with zero attached hydrogens (tertiary/aromatic N) is 1. The van der Waals surface area contributed by atoms with Gasteiger partial charge in [0.15, 0.2) is 0 Å². The first-order valence-electron chi connectivity index (χ1n) is 7.76. The second-order valence-electron chi connectivity index (χ2n) is 5.39. The van der Waals surface area contributed by atoms with Gasteiger partial charge in [0.1, 0.15) is 16.1 Å². The lowest BCUT2D eigenvalue weighted by Gasteiger charge is -2.05. The zero-order valence-electron chi connectivity index (χ0n) is 13.2. The first-order chi connectivity index (χ1) is 12.3. The maximum atomic E-state index is 12.8. The maximum absolute atomic E-state index is 12.8. The van der Waals surface area contributed by atoms with Gasteiger partial charge in [0.05, 0.1) is 12.0 Å². The van der Waals surface area contributed by atoms with Crippen molar-refractivity contribution < 1.29 is 9.21 Å². The number of nitrogens with one attached hydrogen (secondary N) is 1. The topological polar surface area (TPSA) is 55.1 Å². The van der Waals surface area contributed by atoms with Gasteiger partial charge in [0.25, 0.3) is 5.91 Å². The van der Waals surface area contributed by atoms with Crippen molar-refractivity contribution in [3.05, 3.63) is 84.1 Å². The molecule has 0 aliphatic rings. The lowest BCUT2D eigenvalue weighted by molar-refractivity contribution is 0.103. The standard InChI is InChI=1S/C20H14N2O2S/c23-19(21-16-9-5-2-6-10-16)18-17(14-7-3-1-4-8-14)22-20(25-18)15-11-12-24-13-15/h1-13H,(H,21,23). The SMILES string of the molecule is O=C(Nc1ccccc1)c1sc(-c2ccoc2)nc1-c1ccccc1. The Hall–Kier alpha value is -3.18. The zero-order chi connectivity index (χ0) is 17.1. The summed E-state index contributed by atoms with van der Waals surface area (Å²) >= 11 is 1.36. The molecule has 2 heterocycles. The van der Waals surface area contributed by atoms with E-state index < -0.39 is 0 Å². The van der Waals surface area contributed by atoms with Crippen LogP contribution in [0.15, 0.2) is 83.7 Å². The van der Waals surface area contributed by atoms with Gasteiger partial charge in [0.2, 0.25) is 0 Å². The molecule has 0 saturated carbocycles. The third-order valence-corrected chi connectivity index (χ3v) is 4.78. The van der Waals surface area contributed by atoms with Crippen molar-refractivity contribution in [1.29, 1.82) is 0 Å². The highest BCUT2D eigenvalue weighted by Crippen LogP contribution is 2.34. The number of benzene rings is 2. The largest absolute Gasteiger partial charge is 0.472 e. The molecule has 0 bridgehead atoms. The van der Waals surface area contributed by atoms with E-state index in [1.165, 1.54) is 11.3 Å². The summed E-state index contributed by atoms with van der Waals surface area (Å²) in [6.45, 7) is 0. The van der Waals surface area contributed by atoms with Crippen molar-refractivity contribution in [3.8, 4) is 21.8 Å². The van der Waals surface area contributed by atoms with E-state index in [4.69, 9.17) is 4.42 Å². The highest BCUT2D eigenvalue weighted by Gasteiger charge is 2.20. The van der Waals surface area contributed by atoms with Crippen LogP contribution in [0.3, 0.4) is 0 Å². The van der Waals surface area contributed by atoms with Crippen molar-refractivity contribution in [2.45, 2.75) is 0 Å². The van der Waals surface area contributed by atoms with E-state index in [1.54, 1.807) is 12.5 Å². The molecule has 0 fully saturated rings. The summed E-state index contributed by atoms with van der Waals surface area (Å²) in [4.78, 5) is 18.1. The molecule has 1 N–H and O–H groups in total. The Kier molecular flexibility index (Phi) is 4.14. The molecule has 2 aromatic heterocycles. The quantitative estimate of drug-likeness (QED) is 0.544. The summed E-state index contributed by atoms with van der Waals surface area (Å²) in [7, 11) is 0. The fourth-order valence-corrected chi connectivity index (χ4v) is 3.45. The fourth-order valence-electron chi connectivity index (χ4n) is 2.48. The van der Waals surface area contributed by atoms with Crippen LogP contribution in [0.2, 0.25) is 0 Å². The second kappa shape index (κ2) is 6.75. The first kappa shape index (κ1) is 15.4. The number of aromatic nitrogens is 1. The van der Waals surface area contributed by atoms with Crippen LogP contribution < -0.4 is 5.32 Å². The second-order valence-corrected chi connectivity index (χ2v) is 6.39. The molecule has 0 saturated heterocycles. The molecule has 0 spiro atoms. The van der Waals surface area contributed by atoms with Crippen LogP contribution in [0.25, 0.3) is 21.8 Å². The van der Waals surface area contributed by atoms with Gasteiger partial charge in [-0.2, -0.15) is 0 Å². The van der Waals surface area contributed by atoms with Gasteiger partial charge in [-0.3, -0.25) is 4.79 Å². The lowest BCUT2D eigenvalue weighted by atomic mass is 10.1. The minimum absolute atomic E-state index is 0.169. The average Bonchev–Trinajstić information content (AvgIpc) is 3.33. The van der Waals surface area contributed by atoms with Crippen molar-refractivity contribution in [2.24, 2.45) is 0 Å². The normalized spacial score (nSPS) is 10.6. The van der Waals surface area contributed by atoms with E-state index >= 15 is 0 Å². The van der Waals surface area contributed by atoms with Crippen molar-refractivity contribution >= 4 is 22.9 Å². The molecule has 5 heteroatoms. The number of carbonyl (C=O) groups excluding carboxylic acids is 1. The Morgan fingerprint density at radius 2 is 1.64 bits per heavy atom. The number of rotatable bonds is 4. The van der Waals surface area contributed by atoms with Crippen LogP contribution in [-0.4, -0.2) is 10.9 Å². The minimum atomic E-state index is -0.169. The molecule has 0 atom stereocenters. The Bertz CT molecular complexity index is 977. The van der Waals surface area contributed by atoms with Crippen molar-refractivity contribution in [1.82, 2.24) is 4.98 Å². The average molecular weight is 346 g/mol. The first-order valence-corrected chi connectivity index (χ1v) is 8.58. The maximum Gasteiger partial charge on any atom is 0.268 e. The monoisotopic (exact) mass is 346 g/mol. The molecule has 4 aromatic rings. The molecule has 4 nitrogen and oxygen atoms in total. The summed E-state index contributed by atoms with van der Waals surface area (Å²) < 4.78 is 5.15. The van der Waals surface area contributed by atoms with Crippen LogP contribution in [0.4, 0.5) is 5.69 Å². The Morgan fingerprint density at radius 3 is 2.32 bits per heavy atom. The van der Waals surface area contributed by atoms with E-state index in [1.807, 2.05) is 66.7 Å². The zero-order valence-corrected chi connectivity index (χ0v) is 14.0. The highest BCUT2D eigenvalue weighted by molar-refractivity contribution is 7.17. The third kappa shape index (κ3) is 3.22. The van der Waals surface area contributed by atoms with Gasteiger partial charge in [-0.25, -0.2) is 4.98 Å². The number of thiazole rings is 1. The smallest absolute Gasteiger partial charge is 0.268 e. The van der Waals surface area contributed by atoms with Crippen LogP contribution in [0, 0.1) is 0 Å². The minimum Gasteiger partial charge on any atom is -0.472 e. The number of carbonyl (C=O) groups is 1. The van der Waals surface area contributed by atoms with Crippen molar-refractivity contribution in [3.63, 3.8) is 0 Å². The summed E-state index contributed by atoms with van der Waals surface area (Å²) in [5.41, 5.74) is 3.20. The van der Waals surface area contributed by atoms with E-state index in [9.17, 15) is 4.79 Å². The van der Waals surface area contributed by atoms with Gasteiger partial charge in [-0.1, -0.05) is 48.5 Å². The predicted octanol–water partition coefficient (Wildman–Crippen LogP) is 5.32. The summed E-state index contributed by atoms with van der Waals surface area (Å²) in [6.07, 6.45) is 3.23. The number of amides is 1. The van der Waals surface area contributed by atoms with E-state index in [0.717, 1.165) is 21.8 Å². The lowest BCUT2D eigenvalue weighted by Crippen LogP contribution is -2.11. The third-order valence-electron chi connectivity index (χ3n) is 3.68. The molecule has 25 heavy (non-hydrogen) atoms. The van der Waals surface area contributed by atoms with Crippen LogP contribution in [0.5, 0.6) is 0 Å². The number of anilines is 1. The van der Waals surface area contributed by atoms with Gasteiger partial charge in [-0.05, 0) is 18.2 Å². The molecule has 122 valence electrons. The van der Waals surface area contributed by atoms with Crippen LogP contribution >= 0.6 is 11.3 Å². The summed E-state index contributed by atoms with van der Waals surface area (Å²) in [5, 5.41) is 3.69. The molecule has 4 rings (SSSR count). The Labute approximate surface area is 148 Å². The number of para-hydroxylation sites is 1. The predicted molar refractivity (Wildman–Crippen MR) is 99.6 cm³/mol. The molecule has 0 unspecified atom stereocenters.